The fraction of sp³-hybridized carbons (Fsp3) is 0.533. The van der Waals surface area contributed by atoms with Gasteiger partial charge in [-0.3, -0.25) is 4.79 Å². The fourth-order valence-electron chi connectivity index (χ4n) is 1.85. The SMILES string of the molecule is CCCCCCOc1ccc(C(N)C(=O)O)cc1OC. The van der Waals surface area contributed by atoms with Crippen LogP contribution in [0.2, 0.25) is 0 Å². The van der Waals surface area contributed by atoms with Gasteiger partial charge in [0.15, 0.2) is 11.5 Å². The van der Waals surface area contributed by atoms with Gasteiger partial charge in [-0.15, -0.1) is 0 Å². The second kappa shape index (κ2) is 8.43. The van der Waals surface area contributed by atoms with Crippen LogP contribution < -0.4 is 15.2 Å². The Balaban J connectivity index is 2.66. The van der Waals surface area contributed by atoms with Crippen molar-refractivity contribution < 1.29 is 19.4 Å². The zero-order chi connectivity index (χ0) is 15.0. The Kier molecular flexibility index (Phi) is 6.87. The Morgan fingerprint density at radius 1 is 1.30 bits per heavy atom. The quantitative estimate of drug-likeness (QED) is 0.680. The molecule has 0 bridgehead atoms. The molecule has 0 spiro atoms. The van der Waals surface area contributed by atoms with E-state index in [1.807, 2.05) is 0 Å². The molecule has 0 aliphatic rings. The minimum Gasteiger partial charge on any atom is -0.493 e. The maximum Gasteiger partial charge on any atom is 0.325 e. The average molecular weight is 281 g/mol. The van der Waals surface area contributed by atoms with Crippen molar-refractivity contribution in [3.05, 3.63) is 23.8 Å². The lowest BCUT2D eigenvalue weighted by Gasteiger charge is -2.13. The predicted molar refractivity (Wildman–Crippen MR) is 77.2 cm³/mol. The first-order valence-corrected chi connectivity index (χ1v) is 6.89. The maximum atomic E-state index is 10.9. The van der Waals surface area contributed by atoms with Crippen molar-refractivity contribution in [2.75, 3.05) is 13.7 Å². The number of ether oxygens (including phenoxy) is 2. The van der Waals surface area contributed by atoms with E-state index in [9.17, 15) is 4.79 Å². The Morgan fingerprint density at radius 3 is 2.65 bits per heavy atom. The number of carboxylic acid groups (broad SMARTS) is 1. The molecule has 0 heterocycles. The van der Waals surface area contributed by atoms with Gasteiger partial charge in [0, 0.05) is 0 Å². The second-order valence-corrected chi connectivity index (χ2v) is 4.64. The minimum atomic E-state index is -1.07. The molecular formula is C15H23NO4. The zero-order valence-electron chi connectivity index (χ0n) is 12.1. The summed E-state index contributed by atoms with van der Waals surface area (Å²) in [6, 6.07) is 3.92. The van der Waals surface area contributed by atoms with Crippen molar-refractivity contribution in [2.24, 2.45) is 5.73 Å². The van der Waals surface area contributed by atoms with Crippen LogP contribution in [-0.4, -0.2) is 24.8 Å². The lowest BCUT2D eigenvalue weighted by molar-refractivity contribution is -0.138. The van der Waals surface area contributed by atoms with Crippen molar-refractivity contribution >= 4 is 5.97 Å². The molecule has 1 unspecified atom stereocenters. The Hall–Kier alpha value is -1.75. The fourth-order valence-corrected chi connectivity index (χ4v) is 1.85. The van der Waals surface area contributed by atoms with Crippen LogP contribution >= 0.6 is 0 Å². The third-order valence-corrected chi connectivity index (χ3v) is 3.07. The van der Waals surface area contributed by atoms with Gasteiger partial charge in [-0.05, 0) is 24.1 Å². The highest BCUT2D eigenvalue weighted by molar-refractivity contribution is 5.75. The monoisotopic (exact) mass is 281 g/mol. The van der Waals surface area contributed by atoms with Crippen LogP contribution in [0.4, 0.5) is 0 Å². The Bertz CT molecular complexity index is 434. The minimum absolute atomic E-state index is 0.493. The van der Waals surface area contributed by atoms with Gasteiger partial charge < -0.3 is 20.3 Å². The third kappa shape index (κ3) is 4.74. The molecule has 5 nitrogen and oxygen atoms in total. The molecule has 0 aliphatic heterocycles. The van der Waals surface area contributed by atoms with E-state index in [-0.39, 0.29) is 0 Å². The first-order valence-electron chi connectivity index (χ1n) is 6.89. The summed E-state index contributed by atoms with van der Waals surface area (Å²) < 4.78 is 10.9. The lowest BCUT2D eigenvalue weighted by Crippen LogP contribution is -2.20. The van der Waals surface area contributed by atoms with Crippen LogP contribution in [0.15, 0.2) is 18.2 Å². The summed E-state index contributed by atoms with van der Waals surface area (Å²) >= 11 is 0. The van der Waals surface area contributed by atoms with Gasteiger partial charge in [-0.25, -0.2) is 0 Å². The van der Waals surface area contributed by atoms with Gasteiger partial charge in [0.1, 0.15) is 6.04 Å². The number of carbonyl (C=O) groups is 1. The summed E-state index contributed by atoms with van der Waals surface area (Å²) in [4.78, 5) is 10.9. The van der Waals surface area contributed by atoms with E-state index < -0.39 is 12.0 Å². The van der Waals surface area contributed by atoms with Crippen LogP contribution in [0, 0.1) is 0 Å². The number of benzene rings is 1. The Labute approximate surface area is 119 Å². The Morgan fingerprint density at radius 2 is 2.05 bits per heavy atom. The van der Waals surface area contributed by atoms with Crippen molar-refractivity contribution in [2.45, 2.75) is 38.6 Å². The van der Waals surface area contributed by atoms with Gasteiger partial charge in [0.05, 0.1) is 13.7 Å². The van der Waals surface area contributed by atoms with Gasteiger partial charge in [-0.2, -0.15) is 0 Å². The van der Waals surface area contributed by atoms with E-state index >= 15 is 0 Å². The molecule has 0 aromatic heterocycles. The van der Waals surface area contributed by atoms with Crippen molar-refractivity contribution in [3.63, 3.8) is 0 Å². The molecular weight excluding hydrogens is 258 g/mol. The van der Waals surface area contributed by atoms with E-state index in [4.69, 9.17) is 20.3 Å². The molecule has 3 N–H and O–H groups in total. The molecule has 0 amide bonds. The molecule has 1 rings (SSSR count). The molecule has 0 saturated carbocycles. The summed E-state index contributed by atoms with van der Waals surface area (Å²) in [5.41, 5.74) is 6.06. The standard InChI is InChI=1S/C15H23NO4/c1-3-4-5-6-9-20-12-8-7-11(10-13(12)19-2)14(16)15(17)18/h7-8,10,14H,3-6,9,16H2,1-2H3,(H,17,18). The largest absolute Gasteiger partial charge is 0.493 e. The molecule has 5 heteroatoms. The molecule has 0 aliphatic carbocycles. The average Bonchev–Trinajstić information content (AvgIpc) is 2.46. The first kappa shape index (κ1) is 16.3. The van der Waals surface area contributed by atoms with Gasteiger partial charge in [0.2, 0.25) is 0 Å². The first-order chi connectivity index (χ1) is 9.60. The molecule has 112 valence electrons. The van der Waals surface area contributed by atoms with Gasteiger partial charge in [-0.1, -0.05) is 32.3 Å². The summed E-state index contributed by atoms with van der Waals surface area (Å²) in [5.74, 6) is 0.0558. The second-order valence-electron chi connectivity index (χ2n) is 4.64. The molecule has 20 heavy (non-hydrogen) atoms. The van der Waals surface area contributed by atoms with E-state index in [0.717, 1.165) is 12.8 Å². The molecule has 0 radical (unpaired) electrons. The number of aliphatic carboxylic acids is 1. The van der Waals surface area contributed by atoms with Crippen LogP contribution in [0.1, 0.15) is 44.2 Å². The van der Waals surface area contributed by atoms with Crippen LogP contribution in [-0.2, 0) is 4.79 Å². The van der Waals surface area contributed by atoms with Crippen LogP contribution in [0.5, 0.6) is 11.5 Å². The van der Waals surface area contributed by atoms with Gasteiger partial charge in [0.25, 0.3) is 0 Å². The predicted octanol–water partition coefficient (Wildman–Crippen LogP) is 2.74. The number of methoxy groups -OCH3 is 1. The van der Waals surface area contributed by atoms with Crippen molar-refractivity contribution in [1.29, 1.82) is 0 Å². The number of unbranched alkanes of at least 4 members (excludes halogenated alkanes) is 3. The lowest BCUT2D eigenvalue weighted by atomic mass is 10.1. The molecule has 1 aromatic carbocycles. The van der Waals surface area contributed by atoms with Crippen molar-refractivity contribution in [1.82, 2.24) is 0 Å². The summed E-state index contributed by atoms with van der Waals surface area (Å²) in [7, 11) is 1.52. The third-order valence-electron chi connectivity index (χ3n) is 3.07. The van der Waals surface area contributed by atoms with Gasteiger partial charge >= 0.3 is 5.97 Å². The smallest absolute Gasteiger partial charge is 0.325 e. The number of rotatable bonds is 9. The number of hydrogen-bond acceptors (Lipinski definition) is 4. The summed E-state index contributed by atoms with van der Waals surface area (Å²) in [6.07, 6.45) is 4.52. The summed E-state index contributed by atoms with van der Waals surface area (Å²) in [6.45, 7) is 2.79. The highest BCUT2D eigenvalue weighted by Crippen LogP contribution is 2.30. The van der Waals surface area contributed by atoms with Crippen molar-refractivity contribution in [3.8, 4) is 11.5 Å². The number of carboxylic acids is 1. The van der Waals surface area contributed by atoms with E-state index in [1.54, 1.807) is 18.2 Å². The molecule has 0 fully saturated rings. The maximum absolute atomic E-state index is 10.9. The molecule has 0 saturated heterocycles. The number of nitrogens with two attached hydrogens (primary N) is 1. The van der Waals surface area contributed by atoms with E-state index in [0.29, 0.717) is 23.7 Å². The highest BCUT2D eigenvalue weighted by Gasteiger charge is 2.16. The number of hydrogen-bond donors (Lipinski definition) is 2. The van der Waals surface area contributed by atoms with Crippen LogP contribution in [0.3, 0.4) is 0 Å². The zero-order valence-corrected chi connectivity index (χ0v) is 12.1. The topological polar surface area (TPSA) is 81.8 Å². The molecule has 1 aromatic rings. The van der Waals surface area contributed by atoms with Crippen LogP contribution in [0.25, 0.3) is 0 Å². The summed E-state index contributed by atoms with van der Waals surface area (Å²) in [5, 5.41) is 8.90. The normalized spacial score (nSPS) is 11.9. The van der Waals surface area contributed by atoms with E-state index in [1.165, 1.54) is 20.0 Å². The molecule has 1 atom stereocenters. The highest BCUT2D eigenvalue weighted by atomic mass is 16.5. The van der Waals surface area contributed by atoms with E-state index in [2.05, 4.69) is 6.92 Å².